The first kappa shape index (κ1) is 19.1. The maximum absolute atomic E-state index is 13.2. The van der Waals surface area contributed by atoms with Gasteiger partial charge in [0.25, 0.3) is 0 Å². The highest BCUT2D eigenvalue weighted by molar-refractivity contribution is 5.16. The molecule has 1 aliphatic heterocycles. The fraction of sp³-hybridized carbons (Fsp3) is 0.524. The zero-order valence-electron chi connectivity index (χ0n) is 15.5. The van der Waals surface area contributed by atoms with Crippen LogP contribution < -0.4 is 0 Å². The van der Waals surface area contributed by atoms with E-state index < -0.39 is 0 Å². The van der Waals surface area contributed by atoms with Crippen molar-refractivity contribution in [3.05, 3.63) is 59.3 Å². The van der Waals surface area contributed by atoms with Crippen molar-refractivity contribution in [2.24, 2.45) is 5.92 Å². The molecule has 0 bridgehead atoms. The van der Waals surface area contributed by atoms with Crippen molar-refractivity contribution in [1.29, 1.82) is 0 Å². The number of halogens is 1. The third-order valence-corrected chi connectivity index (χ3v) is 5.18. The number of benzene rings is 1. The minimum atomic E-state index is -0.146. The molecule has 2 heterocycles. The second-order valence-corrected chi connectivity index (χ2v) is 7.39. The van der Waals surface area contributed by atoms with Crippen molar-refractivity contribution in [3.63, 3.8) is 0 Å². The second-order valence-electron chi connectivity index (χ2n) is 7.39. The predicted octanol–water partition coefficient (Wildman–Crippen LogP) is 3.30. The molecule has 2 aromatic rings. The Morgan fingerprint density at radius 1 is 1.19 bits per heavy atom. The van der Waals surface area contributed by atoms with Crippen molar-refractivity contribution >= 4 is 0 Å². The first-order valence-corrected chi connectivity index (χ1v) is 9.46. The van der Waals surface area contributed by atoms with Crippen molar-refractivity contribution < 1.29 is 13.9 Å². The van der Waals surface area contributed by atoms with Crippen molar-refractivity contribution in [2.75, 3.05) is 33.2 Å². The van der Waals surface area contributed by atoms with Gasteiger partial charge in [-0.3, -0.25) is 4.90 Å². The summed E-state index contributed by atoms with van der Waals surface area (Å²) in [7, 11) is 2.12. The molecule has 1 aliphatic rings. The Hall–Kier alpha value is -1.69. The molecule has 4 nitrogen and oxygen atoms in total. The summed E-state index contributed by atoms with van der Waals surface area (Å²) in [6.45, 7) is 5.03. The fourth-order valence-corrected chi connectivity index (χ4v) is 3.74. The molecule has 1 saturated heterocycles. The van der Waals surface area contributed by atoms with Gasteiger partial charge in [0.1, 0.15) is 23.9 Å². The minimum Gasteiger partial charge on any atom is -0.462 e. The van der Waals surface area contributed by atoms with E-state index in [4.69, 9.17) is 9.52 Å². The predicted molar refractivity (Wildman–Crippen MR) is 100 cm³/mol. The number of likely N-dealkylation sites (tertiary alicyclic amines) is 1. The molecule has 0 amide bonds. The quantitative estimate of drug-likeness (QED) is 0.784. The van der Waals surface area contributed by atoms with Gasteiger partial charge in [-0.15, -0.1) is 0 Å². The molecule has 1 fully saturated rings. The van der Waals surface area contributed by atoms with Crippen LogP contribution in [0.4, 0.5) is 4.39 Å². The Balaban J connectivity index is 1.36. The number of aliphatic hydroxyl groups excluding tert-OH is 1. The van der Waals surface area contributed by atoms with Crippen molar-refractivity contribution in [1.82, 2.24) is 9.80 Å². The lowest BCUT2D eigenvalue weighted by Gasteiger charge is -2.33. The average molecular weight is 360 g/mol. The van der Waals surface area contributed by atoms with Gasteiger partial charge in [0.2, 0.25) is 0 Å². The van der Waals surface area contributed by atoms with Crippen LogP contribution in [0.5, 0.6) is 0 Å². The maximum atomic E-state index is 13.2. The first-order chi connectivity index (χ1) is 12.6. The lowest BCUT2D eigenvalue weighted by atomic mass is 9.96. The molecule has 1 N–H and O–H groups in total. The molecule has 3 rings (SSSR count). The molecule has 0 aliphatic carbocycles. The van der Waals surface area contributed by atoms with Gasteiger partial charge in [0.05, 0.1) is 6.54 Å². The fourth-order valence-electron chi connectivity index (χ4n) is 3.74. The molecule has 1 aromatic carbocycles. The monoisotopic (exact) mass is 360 g/mol. The Labute approximate surface area is 155 Å². The first-order valence-electron chi connectivity index (χ1n) is 9.46. The van der Waals surface area contributed by atoms with E-state index in [9.17, 15) is 4.39 Å². The van der Waals surface area contributed by atoms with Gasteiger partial charge in [-0.2, -0.15) is 0 Å². The van der Waals surface area contributed by atoms with E-state index >= 15 is 0 Å². The van der Waals surface area contributed by atoms with Gasteiger partial charge in [-0.1, -0.05) is 12.1 Å². The molecule has 142 valence electrons. The van der Waals surface area contributed by atoms with E-state index in [-0.39, 0.29) is 12.4 Å². The van der Waals surface area contributed by atoms with E-state index in [0.29, 0.717) is 11.7 Å². The third kappa shape index (κ3) is 5.66. The maximum Gasteiger partial charge on any atom is 0.129 e. The zero-order chi connectivity index (χ0) is 18.4. The number of nitrogens with zero attached hydrogens (tertiary/aromatic N) is 2. The number of furan rings is 1. The van der Waals surface area contributed by atoms with Crippen molar-refractivity contribution in [3.8, 4) is 0 Å². The molecule has 0 radical (unpaired) electrons. The third-order valence-electron chi connectivity index (χ3n) is 5.18. The van der Waals surface area contributed by atoms with Gasteiger partial charge in [-0.05, 0) is 75.1 Å². The summed E-state index contributed by atoms with van der Waals surface area (Å²) in [4.78, 5) is 4.79. The summed E-state index contributed by atoms with van der Waals surface area (Å²) in [6, 6.07) is 10.7. The molecule has 5 heteroatoms. The summed E-state index contributed by atoms with van der Waals surface area (Å²) in [5.74, 6) is 2.09. The van der Waals surface area contributed by atoms with E-state index in [1.807, 2.05) is 18.2 Å². The van der Waals surface area contributed by atoms with E-state index in [0.717, 1.165) is 50.5 Å². The normalized spacial score (nSPS) is 16.5. The van der Waals surface area contributed by atoms with Gasteiger partial charge in [0.15, 0.2) is 0 Å². The van der Waals surface area contributed by atoms with E-state index in [1.54, 1.807) is 12.1 Å². The molecule has 0 unspecified atom stereocenters. The highest BCUT2D eigenvalue weighted by Gasteiger charge is 2.20. The second kappa shape index (κ2) is 9.31. The minimum absolute atomic E-state index is 0.0439. The molecular weight excluding hydrogens is 331 g/mol. The SMILES string of the molecule is CN(Cc1ccc(CO)o1)CC1CCN(CCc2cccc(F)c2)CC1. The molecule has 26 heavy (non-hydrogen) atoms. The number of hydrogen-bond acceptors (Lipinski definition) is 4. The Morgan fingerprint density at radius 3 is 2.65 bits per heavy atom. The Kier molecular flexibility index (Phi) is 6.83. The summed E-state index contributed by atoms with van der Waals surface area (Å²) in [5.41, 5.74) is 1.08. The van der Waals surface area contributed by atoms with Crippen LogP contribution >= 0.6 is 0 Å². The molecule has 1 aromatic heterocycles. The van der Waals surface area contributed by atoms with Crippen LogP contribution in [0.1, 0.15) is 29.9 Å². The van der Waals surface area contributed by atoms with Crippen LogP contribution in [0.3, 0.4) is 0 Å². The zero-order valence-corrected chi connectivity index (χ0v) is 15.5. The highest BCUT2D eigenvalue weighted by Crippen LogP contribution is 2.20. The molecular formula is C21H29FN2O2. The standard InChI is InChI=1S/C21H29FN2O2/c1-23(15-20-5-6-21(16-25)26-20)14-18-8-11-24(12-9-18)10-7-17-3-2-4-19(22)13-17/h2-6,13,18,25H,7-12,14-16H2,1H3. The van der Waals surface area contributed by atoms with Crippen LogP contribution in [0.2, 0.25) is 0 Å². The number of rotatable bonds is 8. The van der Waals surface area contributed by atoms with Gasteiger partial charge in [-0.25, -0.2) is 4.39 Å². The molecule has 0 saturated carbocycles. The number of aliphatic hydroxyl groups is 1. The Bertz CT molecular complexity index is 680. The molecule has 0 atom stereocenters. The Morgan fingerprint density at radius 2 is 1.96 bits per heavy atom. The summed E-state index contributed by atoms with van der Waals surface area (Å²) in [5, 5.41) is 9.07. The van der Waals surface area contributed by atoms with Gasteiger partial charge in [0, 0.05) is 13.1 Å². The smallest absolute Gasteiger partial charge is 0.129 e. The molecule has 0 spiro atoms. The van der Waals surface area contributed by atoms with E-state index in [2.05, 4.69) is 16.8 Å². The lowest BCUT2D eigenvalue weighted by Crippen LogP contribution is -2.38. The summed E-state index contributed by atoms with van der Waals surface area (Å²) >= 11 is 0. The largest absolute Gasteiger partial charge is 0.462 e. The van der Waals surface area contributed by atoms with Crippen LogP contribution in [-0.2, 0) is 19.6 Å². The van der Waals surface area contributed by atoms with Crippen LogP contribution in [0.25, 0.3) is 0 Å². The number of piperidine rings is 1. The van der Waals surface area contributed by atoms with Gasteiger partial charge < -0.3 is 14.4 Å². The summed E-state index contributed by atoms with van der Waals surface area (Å²) < 4.78 is 18.8. The summed E-state index contributed by atoms with van der Waals surface area (Å²) in [6.07, 6.45) is 3.31. The van der Waals surface area contributed by atoms with Gasteiger partial charge >= 0.3 is 0 Å². The van der Waals surface area contributed by atoms with Crippen LogP contribution in [0.15, 0.2) is 40.8 Å². The van der Waals surface area contributed by atoms with Crippen molar-refractivity contribution in [2.45, 2.75) is 32.4 Å². The highest BCUT2D eigenvalue weighted by atomic mass is 19.1. The number of hydrogen-bond donors (Lipinski definition) is 1. The average Bonchev–Trinajstić information content (AvgIpc) is 3.08. The topological polar surface area (TPSA) is 39.9 Å². The van der Waals surface area contributed by atoms with E-state index in [1.165, 1.54) is 18.9 Å². The van der Waals surface area contributed by atoms with Crippen LogP contribution in [-0.4, -0.2) is 48.1 Å². The van der Waals surface area contributed by atoms with Crippen LogP contribution in [0, 0.1) is 11.7 Å². The lowest BCUT2D eigenvalue weighted by molar-refractivity contribution is 0.149.